The maximum atomic E-state index is 11.1. The van der Waals surface area contributed by atoms with Crippen molar-refractivity contribution in [2.75, 3.05) is 6.54 Å². The number of imidazole rings is 1. The van der Waals surface area contributed by atoms with Gasteiger partial charge in [-0.3, -0.25) is 0 Å². The van der Waals surface area contributed by atoms with Crippen molar-refractivity contribution in [3.8, 4) is 6.07 Å². The van der Waals surface area contributed by atoms with E-state index in [1.807, 2.05) is 25.1 Å². The summed E-state index contributed by atoms with van der Waals surface area (Å²) in [7, 11) is 0. The topological polar surface area (TPSA) is 84.5 Å². The average molecular weight is 244 g/mol. The molecule has 0 fully saturated rings. The molecule has 0 aliphatic carbocycles. The summed E-state index contributed by atoms with van der Waals surface area (Å²) in [5, 5.41) is 12.1. The fourth-order valence-electron chi connectivity index (χ4n) is 1.86. The first-order valence-corrected chi connectivity index (χ1v) is 6.04. The SMILES string of the molecule is CCC(C#N)CNCc1ccc2[nH]c(=O)[nH]c2c1. The summed E-state index contributed by atoms with van der Waals surface area (Å²) in [5.74, 6) is 0.0563. The van der Waals surface area contributed by atoms with Crippen LogP contribution in [-0.4, -0.2) is 16.5 Å². The second-order valence-corrected chi connectivity index (χ2v) is 4.32. The lowest BCUT2D eigenvalue weighted by molar-refractivity contribution is 0.553. The van der Waals surface area contributed by atoms with Crippen LogP contribution < -0.4 is 11.0 Å². The molecule has 1 atom stereocenters. The van der Waals surface area contributed by atoms with Crippen molar-refractivity contribution in [3.05, 3.63) is 34.2 Å². The predicted octanol–water partition coefficient (Wildman–Crippen LogP) is 1.50. The highest BCUT2D eigenvalue weighted by atomic mass is 16.1. The minimum atomic E-state index is -0.189. The largest absolute Gasteiger partial charge is 0.323 e. The molecule has 0 aliphatic rings. The first-order chi connectivity index (χ1) is 8.72. The van der Waals surface area contributed by atoms with Gasteiger partial charge < -0.3 is 15.3 Å². The molecule has 3 N–H and O–H groups in total. The molecule has 0 spiro atoms. The van der Waals surface area contributed by atoms with E-state index in [1.54, 1.807) is 0 Å². The number of nitrogens with one attached hydrogen (secondary N) is 3. The van der Waals surface area contributed by atoms with Crippen LogP contribution in [0.2, 0.25) is 0 Å². The highest BCUT2D eigenvalue weighted by Gasteiger charge is 2.04. The molecule has 94 valence electrons. The Balaban J connectivity index is 2.00. The Morgan fingerprint density at radius 2 is 2.17 bits per heavy atom. The van der Waals surface area contributed by atoms with Gasteiger partial charge in [-0.2, -0.15) is 5.26 Å². The van der Waals surface area contributed by atoms with E-state index < -0.39 is 0 Å². The van der Waals surface area contributed by atoms with Gasteiger partial charge in [-0.25, -0.2) is 4.79 Å². The minimum Gasteiger partial charge on any atom is -0.311 e. The normalized spacial score (nSPS) is 12.4. The van der Waals surface area contributed by atoms with Gasteiger partial charge in [-0.15, -0.1) is 0 Å². The number of hydrogen-bond acceptors (Lipinski definition) is 3. The number of rotatable bonds is 5. The molecule has 5 nitrogen and oxygen atoms in total. The Labute approximate surface area is 105 Å². The molecule has 0 aliphatic heterocycles. The van der Waals surface area contributed by atoms with Gasteiger partial charge in [0, 0.05) is 13.1 Å². The fourth-order valence-corrected chi connectivity index (χ4v) is 1.86. The Hall–Kier alpha value is -2.06. The minimum absolute atomic E-state index is 0.0563. The number of aromatic nitrogens is 2. The third kappa shape index (κ3) is 2.79. The number of H-pyrrole nitrogens is 2. The van der Waals surface area contributed by atoms with Crippen LogP contribution in [0, 0.1) is 17.2 Å². The van der Waals surface area contributed by atoms with E-state index >= 15 is 0 Å². The van der Waals surface area contributed by atoms with Gasteiger partial charge in [-0.1, -0.05) is 13.0 Å². The van der Waals surface area contributed by atoms with Crippen molar-refractivity contribution in [2.45, 2.75) is 19.9 Å². The van der Waals surface area contributed by atoms with Gasteiger partial charge in [0.2, 0.25) is 0 Å². The van der Waals surface area contributed by atoms with E-state index in [4.69, 9.17) is 5.26 Å². The highest BCUT2D eigenvalue weighted by Crippen LogP contribution is 2.10. The standard InChI is InChI=1S/C13H16N4O/c1-2-9(6-14)7-15-8-10-3-4-11-12(5-10)17-13(18)16-11/h3-5,9,15H,2,7-8H2,1H3,(H2,16,17,18). The second-order valence-electron chi connectivity index (χ2n) is 4.32. The third-order valence-corrected chi connectivity index (χ3v) is 2.98. The zero-order chi connectivity index (χ0) is 13.0. The van der Waals surface area contributed by atoms with Gasteiger partial charge >= 0.3 is 5.69 Å². The van der Waals surface area contributed by atoms with Crippen molar-refractivity contribution in [1.29, 1.82) is 5.26 Å². The van der Waals surface area contributed by atoms with Gasteiger partial charge in [0.1, 0.15) is 0 Å². The van der Waals surface area contributed by atoms with Gasteiger partial charge in [0.05, 0.1) is 23.0 Å². The van der Waals surface area contributed by atoms with Crippen LogP contribution >= 0.6 is 0 Å². The molecule has 18 heavy (non-hydrogen) atoms. The lowest BCUT2D eigenvalue weighted by atomic mass is 10.1. The predicted molar refractivity (Wildman–Crippen MR) is 70.0 cm³/mol. The Bertz CT molecular complexity index is 620. The van der Waals surface area contributed by atoms with Crippen molar-refractivity contribution >= 4 is 11.0 Å². The van der Waals surface area contributed by atoms with Crippen molar-refractivity contribution in [3.63, 3.8) is 0 Å². The first kappa shape index (κ1) is 12.4. The number of nitrogens with zero attached hydrogens (tertiary/aromatic N) is 1. The van der Waals surface area contributed by atoms with Crippen LogP contribution in [-0.2, 0) is 6.54 Å². The molecular weight excluding hydrogens is 228 g/mol. The molecular formula is C13H16N4O. The summed E-state index contributed by atoms with van der Waals surface area (Å²) in [6, 6.07) is 8.04. The maximum Gasteiger partial charge on any atom is 0.323 e. The van der Waals surface area contributed by atoms with E-state index in [2.05, 4.69) is 21.4 Å². The van der Waals surface area contributed by atoms with Crippen LogP contribution in [0.4, 0.5) is 0 Å². The number of hydrogen-bond donors (Lipinski definition) is 3. The Morgan fingerprint density at radius 1 is 1.39 bits per heavy atom. The Kier molecular flexibility index (Phi) is 3.80. The van der Waals surface area contributed by atoms with Gasteiger partial charge in [-0.05, 0) is 24.1 Å². The maximum absolute atomic E-state index is 11.1. The fraction of sp³-hybridized carbons (Fsp3) is 0.385. The molecule has 0 saturated heterocycles. The van der Waals surface area contributed by atoms with Crippen LogP contribution in [0.3, 0.4) is 0 Å². The van der Waals surface area contributed by atoms with Crippen molar-refractivity contribution in [1.82, 2.24) is 15.3 Å². The molecule has 1 aromatic carbocycles. The highest BCUT2D eigenvalue weighted by molar-refractivity contribution is 5.74. The van der Waals surface area contributed by atoms with Crippen molar-refractivity contribution in [2.24, 2.45) is 5.92 Å². The van der Waals surface area contributed by atoms with E-state index in [9.17, 15) is 4.79 Å². The van der Waals surface area contributed by atoms with E-state index in [0.29, 0.717) is 13.1 Å². The molecule has 1 heterocycles. The molecule has 0 amide bonds. The zero-order valence-corrected chi connectivity index (χ0v) is 10.3. The van der Waals surface area contributed by atoms with E-state index in [0.717, 1.165) is 23.0 Å². The molecule has 1 aromatic heterocycles. The number of benzene rings is 1. The van der Waals surface area contributed by atoms with Crippen LogP contribution in [0.5, 0.6) is 0 Å². The quantitative estimate of drug-likeness (QED) is 0.745. The molecule has 2 aromatic rings. The number of aromatic amines is 2. The average Bonchev–Trinajstić information content (AvgIpc) is 2.74. The van der Waals surface area contributed by atoms with Crippen LogP contribution in [0.25, 0.3) is 11.0 Å². The summed E-state index contributed by atoms with van der Waals surface area (Å²) in [6.07, 6.45) is 0.855. The van der Waals surface area contributed by atoms with Crippen molar-refractivity contribution < 1.29 is 0 Å². The molecule has 1 unspecified atom stereocenters. The summed E-state index contributed by atoms with van der Waals surface area (Å²) in [4.78, 5) is 16.6. The number of fused-ring (bicyclic) bond motifs is 1. The third-order valence-electron chi connectivity index (χ3n) is 2.98. The second kappa shape index (κ2) is 5.52. The van der Waals surface area contributed by atoms with Gasteiger partial charge in [0.25, 0.3) is 0 Å². The number of nitriles is 1. The molecule has 0 radical (unpaired) electrons. The van der Waals surface area contributed by atoms with Gasteiger partial charge in [0.15, 0.2) is 0 Å². The Morgan fingerprint density at radius 3 is 2.89 bits per heavy atom. The summed E-state index contributed by atoms with van der Waals surface area (Å²) in [5.41, 5.74) is 2.52. The molecule has 0 saturated carbocycles. The summed E-state index contributed by atoms with van der Waals surface area (Å²) >= 11 is 0. The first-order valence-electron chi connectivity index (χ1n) is 6.04. The monoisotopic (exact) mass is 244 g/mol. The van der Waals surface area contributed by atoms with Crippen LogP contribution in [0.1, 0.15) is 18.9 Å². The summed E-state index contributed by atoms with van der Waals surface area (Å²) in [6.45, 7) is 3.39. The zero-order valence-electron chi connectivity index (χ0n) is 10.3. The molecule has 5 heteroatoms. The summed E-state index contributed by atoms with van der Waals surface area (Å²) < 4.78 is 0. The lowest BCUT2D eigenvalue weighted by Crippen LogP contribution is -2.21. The molecule has 0 bridgehead atoms. The smallest absolute Gasteiger partial charge is 0.311 e. The molecule has 2 rings (SSSR count). The van der Waals surface area contributed by atoms with E-state index in [-0.39, 0.29) is 11.6 Å². The van der Waals surface area contributed by atoms with E-state index in [1.165, 1.54) is 0 Å². The van der Waals surface area contributed by atoms with Crippen LogP contribution in [0.15, 0.2) is 23.0 Å². The lowest BCUT2D eigenvalue weighted by Gasteiger charge is -2.08.